The molecule has 5 nitrogen and oxygen atoms in total. The molecule has 1 unspecified atom stereocenters. The zero-order valence-electron chi connectivity index (χ0n) is 13.4. The lowest BCUT2D eigenvalue weighted by Crippen LogP contribution is -2.40. The van der Waals surface area contributed by atoms with Crippen LogP contribution in [0.4, 0.5) is 0 Å². The summed E-state index contributed by atoms with van der Waals surface area (Å²) < 4.78 is 4.58. The summed E-state index contributed by atoms with van der Waals surface area (Å²) in [5.41, 5.74) is 6.96. The molecule has 2 rings (SSSR count). The van der Waals surface area contributed by atoms with E-state index < -0.39 is 12.0 Å². The molecule has 0 aromatic heterocycles. The second kappa shape index (κ2) is 9.53. The number of likely N-dealkylation sites (tertiary alicyclic amines) is 1. The van der Waals surface area contributed by atoms with E-state index in [0.29, 0.717) is 12.3 Å². The van der Waals surface area contributed by atoms with Crippen LogP contribution >= 0.6 is 12.4 Å². The molecule has 1 amide bonds. The maximum absolute atomic E-state index is 12.3. The minimum Gasteiger partial charge on any atom is -0.468 e. The number of rotatable bonds is 5. The van der Waals surface area contributed by atoms with Gasteiger partial charge < -0.3 is 15.4 Å². The third kappa shape index (κ3) is 5.52. The van der Waals surface area contributed by atoms with Crippen LogP contribution in [0.5, 0.6) is 0 Å². The molecular weight excluding hydrogens is 316 g/mol. The van der Waals surface area contributed by atoms with Crippen molar-refractivity contribution in [3.05, 3.63) is 35.9 Å². The average Bonchev–Trinajstić information content (AvgIpc) is 2.59. The number of halogens is 1. The molecule has 1 fully saturated rings. The quantitative estimate of drug-likeness (QED) is 0.833. The van der Waals surface area contributed by atoms with Gasteiger partial charge in [-0.1, -0.05) is 30.3 Å². The van der Waals surface area contributed by atoms with Crippen LogP contribution in [0.15, 0.2) is 30.3 Å². The van der Waals surface area contributed by atoms with E-state index in [1.165, 1.54) is 12.7 Å². The first kappa shape index (κ1) is 19.5. The van der Waals surface area contributed by atoms with E-state index in [-0.39, 0.29) is 24.7 Å². The standard InChI is InChI=1S/C17H24N2O3.ClH/c1-22-17(21)15(18)9-10-16(20)19-11-5-8-14(12-19)13-6-3-2-4-7-13;/h2-4,6-7,14-15H,5,8-12,18H2,1H3;1H/t14?,15-;/m0./s1. The lowest BCUT2D eigenvalue weighted by atomic mass is 9.90. The Balaban J connectivity index is 0.00000264. The first-order valence-electron chi connectivity index (χ1n) is 7.78. The van der Waals surface area contributed by atoms with E-state index in [1.54, 1.807) is 0 Å². The van der Waals surface area contributed by atoms with Gasteiger partial charge in [-0.15, -0.1) is 12.4 Å². The largest absolute Gasteiger partial charge is 0.468 e. The van der Waals surface area contributed by atoms with Crippen molar-refractivity contribution in [2.24, 2.45) is 5.73 Å². The summed E-state index contributed by atoms with van der Waals surface area (Å²) in [4.78, 5) is 25.5. The fourth-order valence-electron chi connectivity index (χ4n) is 2.91. The maximum atomic E-state index is 12.3. The van der Waals surface area contributed by atoms with E-state index in [4.69, 9.17) is 5.73 Å². The van der Waals surface area contributed by atoms with Gasteiger partial charge in [0, 0.05) is 25.4 Å². The van der Waals surface area contributed by atoms with Crippen LogP contribution in [-0.2, 0) is 14.3 Å². The first-order valence-corrected chi connectivity index (χ1v) is 7.78. The van der Waals surface area contributed by atoms with Gasteiger partial charge in [-0.2, -0.15) is 0 Å². The molecule has 0 radical (unpaired) electrons. The fourth-order valence-corrected chi connectivity index (χ4v) is 2.91. The summed E-state index contributed by atoms with van der Waals surface area (Å²) in [6, 6.07) is 9.58. The lowest BCUT2D eigenvalue weighted by molar-refractivity contribution is -0.142. The Morgan fingerprint density at radius 3 is 2.70 bits per heavy atom. The number of nitrogens with two attached hydrogens (primary N) is 1. The number of methoxy groups -OCH3 is 1. The molecule has 0 aliphatic carbocycles. The number of hydrogen-bond donors (Lipinski definition) is 1. The predicted molar refractivity (Wildman–Crippen MR) is 91.5 cm³/mol. The molecule has 23 heavy (non-hydrogen) atoms. The van der Waals surface area contributed by atoms with Gasteiger partial charge >= 0.3 is 5.97 Å². The number of carbonyl (C=O) groups excluding carboxylic acids is 2. The molecule has 0 saturated carbocycles. The van der Waals surface area contributed by atoms with Crippen molar-refractivity contribution in [3.63, 3.8) is 0 Å². The zero-order chi connectivity index (χ0) is 15.9. The topological polar surface area (TPSA) is 72.6 Å². The van der Waals surface area contributed by atoms with Gasteiger partial charge in [0.25, 0.3) is 0 Å². The predicted octanol–water partition coefficient (Wildman–Crippen LogP) is 2.09. The second-order valence-electron chi connectivity index (χ2n) is 5.76. The van der Waals surface area contributed by atoms with Crippen LogP contribution in [0.3, 0.4) is 0 Å². The van der Waals surface area contributed by atoms with Crippen LogP contribution in [0, 0.1) is 0 Å². The second-order valence-corrected chi connectivity index (χ2v) is 5.76. The van der Waals surface area contributed by atoms with Crippen LogP contribution in [0.2, 0.25) is 0 Å². The molecule has 0 spiro atoms. The van der Waals surface area contributed by atoms with E-state index in [1.807, 2.05) is 23.1 Å². The Bertz CT molecular complexity index is 510. The minimum atomic E-state index is -0.719. The molecule has 1 saturated heterocycles. The third-order valence-corrected chi connectivity index (χ3v) is 4.22. The molecule has 1 aliphatic heterocycles. The number of esters is 1. The van der Waals surface area contributed by atoms with E-state index in [9.17, 15) is 9.59 Å². The molecule has 128 valence electrons. The average molecular weight is 341 g/mol. The number of hydrogen-bond acceptors (Lipinski definition) is 4. The minimum absolute atomic E-state index is 0. The molecular formula is C17H25ClN2O3. The smallest absolute Gasteiger partial charge is 0.322 e. The Hall–Kier alpha value is -1.59. The van der Waals surface area contributed by atoms with Gasteiger partial charge in [0.2, 0.25) is 5.91 Å². The van der Waals surface area contributed by atoms with Crippen molar-refractivity contribution in [2.75, 3.05) is 20.2 Å². The summed E-state index contributed by atoms with van der Waals surface area (Å²) in [5.74, 6) is 0.00164. The highest BCUT2D eigenvalue weighted by Crippen LogP contribution is 2.27. The van der Waals surface area contributed by atoms with E-state index >= 15 is 0 Å². The highest BCUT2D eigenvalue weighted by atomic mass is 35.5. The number of piperidine rings is 1. The van der Waals surface area contributed by atoms with Crippen molar-refractivity contribution >= 4 is 24.3 Å². The molecule has 1 aromatic rings. The summed E-state index contributed by atoms with van der Waals surface area (Å²) in [5, 5.41) is 0. The number of carbonyl (C=O) groups is 2. The number of amides is 1. The first-order chi connectivity index (χ1) is 10.6. The molecule has 1 aliphatic rings. The monoisotopic (exact) mass is 340 g/mol. The fraction of sp³-hybridized carbons (Fsp3) is 0.529. The van der Waals surface area contributed by atoms with Crippen molar-refractivity contribution in [2.45, 2.75) is 37.6 Å². The number of benzene rings is 1. The Labute approximate surface area is 143 Å². The van der Waals surface area contributed by atoms with Crippen LogP contribution < -0.4 is 5.73 Å². The molecule has 2 atom stereocenters. The van der Waals surface area contributed by atoms with Crippen molar-refractivity contribution in [1.29, 1.82) is 0 Å². The summed E-state index contributed by atoms with van der Waals surface area (Å²) >= 11 is 0. The summed E-state index contributed by atoms with van der Waals surface area (Å²) in [6.45, 7) is 1.53. The Morgan fingerprint density at radius 1 is 1.35 bits per heavy atom. The summed E-state index contributed by atoms with van der Waals surface area (Å²) in [7, 11) is 1.30. The van der Waals surface area contributed by atoms with Crippen molar-refractivity contribution in [1.82, 2.24) is 4.90 Å². The highest BCUT2D eigenvalue weighted by molar-refractivity contribution is 5.85. The molecule has 6 heteroatoms. The normalized spacial score (nSPS) is 18.7. The van der Waals surface area contributed by atoms with Crippen molar-refractivity contribution in [3.8, 4) is 0 Å². The van der Waals surface area contributed by atoms with Gasteiger partial charge in [0.1, 0.15) is 6.04 Å². The highest BCUT2D eigenvalue weighted by Gasteiger charge is 2.25. The lowest BCUT2D eigenvalue weighted by Gasteiger charge is -2.33. The van der Waals surface area contributed by atoms with Crippen LogP contribution in [0.1, 0.15) is 37.2 Å². The third-order valence-electron chi connectivity index (χ3n) is 4.22. The van der Waals surface area contributed by atoms with Crippen molar-refractivity contribution < 1.29 is 14.3 Å². The van der Waals surface area contributed by atoms with Gasteiger partial charge in [-0.05, 0) is 24.8 Å². The van der Waals surface area contributed by atoms with Gasteiger partial charge in [-0.25, -0.2) is 0 Å². The Morgan fingerprint density at radius 2 is 2.04 bits per heavy atom. The number of nitrogens with zero attached hydrogens (tertiary/aromatic N) is 1. The van der Waals surface area contributed by atoms with Gasteiger partial charge in [0.15, 0.2) is 0 Å². The molecule has 1 aromatic carbocycles. The number of ether oxygens (including phenoxy) is 1. The molecule has 1 heterocycles. The van der Waals surface area contributed by atoms with Crippen LogP contribution in [-0.4, -0.2) is 43.0 Å². The summed E-state index contributed by atoms with van der Waals surface area (Å²) in [6.07, 6.45) is 2.74. The molecule has 2 N–H and O–H groups in total. The maximum Gasteiger partial charge on any atom is 0.322 e. The van der Waals surface area contributed by atoms with Crippen LogP contribution in [0.25, 0.3) is 0 Å². The van der Waals surface area contributed by atoms with Gasteiger partial charge in [-0.3, -0.25) is 9.59 Å². The zero-order valence-corrected chi connectivity index (χ0v) is 14.3. The van der Waals surface area contributed by atoms with Gasteiger partial charge in [0.05, 0.1) is 7.11 Å². The molecule has 0 bridgehead atoms. The Kier molecular flexibility index (Phi) is 8.06. The SMILES string of the molecule is COC(=O)[C@@H](N)CCC(=O)N1CCCC(c2ccccc2)C1.Cl. The van der Waals surface area contributed by atoms with E-state index in [0.717, 1.165) is 25.9 Å². The van der Waals surface area contributed by atoms with E-state index in [2.05, 4.69) is 16.9 Å².